The summed E-state index contributed by atoms with van der Waals surface area (Å²) in [5, 5.41) is 109. The van der Waals surface area contributed by atoms with E-state index < -0.39 is 81.1 Å². The fourth-order valence-electron chi connectivity index (χ4n) is 11.2. The first-order valence-corrected chi connectivity index (χ1v) is 35.7. The molecule has 0 unspecified atom stereocenters. The number of aromatic amines is 1. The van der Waals surface area contributed by atoms with E-state index >= 15 is 0 Å². The lowest BCUT2D eigenvalue weighted by molar-refractivity contribution is -0.140. The van der Waals surface area contributed by atoms with Crippen LogP contribution in [0.4, 0.5) is 59.7 Å². The number of carboxylic acid groups (broad SMARTS) is 1. The summed E-state index contributed by atoms with van der Waals surface area (Å²) < 4.78 is 149. The minimum atomic E-state index is -2.80. The number of benzene rings is 5. The van der Waals surface area contributed by atoms with Crippen molar-refractivity contribution in [3.8, 4) is 64.1 Å². The van der Waals surface area contributed by atoms with Gasteiger partial charge in [0, 0.05) is 75.3 Å². The Balaban J connectivity index is 0.000000197. The molecule has 0 radical (unpaired) electrons. The predicted octanol–water partition coefficient (Wildman–Crippen LogP) is 17.1. The van der Waals surface area contributed by atoms with E-state index in [2.05, 4.69) is 88.8 Å². The average Bonchev–Trinajstić information content (AvgIpc) is 1.59. The molecule has 0 bridgehead atoms. The van der Waals surface area contributed by atoms with Crippen LogP contribution in [0, 0.1) is 56.7 Å². The van der Waals surface area contributed by atoms with Gasteiger partial charge in [-0.25, -0.2) is 48.7 Å². The van der Waals surface area contributed by atoms with Crippen LogP contribution in [0.15, 0.2) is 183 Å². The number of carbonyl (C=O) groups excluding carboxylic acids is 2. The number of alkyl halides is 11. The summed E-state index contributed by atoms with van der Waals surface area (Å²) in [6.07, 6.45) is -2.89. The predicted molar refractivity (Wildman–Crippen MR) is 421 cm³/mol. The Bertz CT molecular complexity index is 5950. The molecule has 2 saturated carbocycles. The molecule has 0 atom stereocenters. The molecule has 2 fully saturated rings. The number of nitrogens with two attached hydrogens (primary N) is 1. The van der Waals surface area contributed by atoms with Crippen molar-refractivity contribution < 1.29 is 83.9 Å². The van der Waals surface area contributed by atoms with E-state index in [1.54, 1.807) is 54.9 Å². The highest BCUT2D eigenvalue weighted by Gasteiger charge is 2.34. The molecule has 0 aliphatic heterocycles. The van der Waals surface area contributed by atoms with Gasteiger partial charge in [-0.05, 0) is 97.4 Å². The molecule has 1 amide bonds. The fraction of sp³-hybridized carbons (Fsp3) is 0.220. The zero-order valence-corrected chi connectivity index (χ0v) is 63.9. The number of para-hydroxylation sites is 5. The number of fused-ring (bicyclic) bond motifs is 3. The van der Waals surface area contributed by atoms with Crippen LogP contribution in [-0.2, 0) is 29.4 Å². The number of ether oxygens (including phenoxy) is 1. The summed E-state index contributed by atoms with van der Waals surface area (Å²) in [6.45, 7) is 3.65. The van der Waals surface area contributed by atoms with Crippen LogP contribution in [-0.4, -0.2) is 119 Å². The summed E-state index contributed by atoms with van der Waals surface area (Å²) in [4.78, 5) is 35.2. The summed E-state index contributed by atoms with van der Waals surface area (Å²) in [5.41, 5.74) is 12.6. The third-order valence-corrected chi connectivity index (χ3v) is 17.1. The van der Waals surface area contributed by atoms with Crippen molar-refractivity contribution in [3.63, 3.8) is 0 Å². The number of halogens is 11. The van der Waals surface area contributed by atoms with Crippen molar-refractivity contribution in [2.75, 3.05) is 24.8 Å². The molecule has 5 aromatic carbocycles. The molecule has 0 saturated heterocycles. The maximum Gasteiger partial charge on any atom is 0.454 e. The molecular weight excluding hydrogens is 1600 g/mol. The molecule has 121 heavy (non-hydrogen) atoms. The Labute approximate surface area is 684 Å². The van der Waals surface area contributed by atoms with Gasteiger partial charge in [0.1, 0.15) is 46.7 Å². The zero-order chi connectivity index (χ0) is 89.1. The Kier molecular flexibility index (Phi) is 34.8. The topological polar surface area (TPSA) is 433 Å². The number of nitriles is 5. The van der Waals surface area contributed by atoms with E-state index in [1.807, 2.05) is 97.1 Å². The van der Waals surface area contributed by atoms with Gasteiger partial charge in [0.25, 0.3) is 38.0 Å². The molecule has 2 aliphatic carbocycles. The lowest BCUT2D eigenvalue weighted by Gasteiger charge is -2.10. The molecule has 15 rings (SSSR count). The molecule has 0 spiro atoms. The fourth-order valence-corrected chi connectivity index (χ4v) is 11.2. The van der Waals surface area contributed by atoms with Crippen molar-refractivity contribution in [1.29, 1.82) is 26.3 Å². The van der Waals surface area contributed by atoms with E-state index in [1.165, 1.54) is 43.7 Å². The first kappa shape index (κ1) is 91.5. The number of amides is 1. The highest BCUT2D eigenvalue weighted by molar-refractivity contribution is 6.44. The minimum Gasteiger partial charge on any atom is -0.478 e. The van der Waals surface area contributed by atoms with Crippen LogP contribution >= 0.6 is 0 Å². The Hall–Kier alpha value is -15.0. The third kappa shape index (κ3) is 26.0. The molecule has 8 heterocycles. The monoisotopic (exact) mass is 1670 g/mol. The summed E-state index contributed by atoms with van der Waals surface area (Å²) in [5.74, 6) is -1.88. The number of anilines is 2. The second-order valence-corrected chi connectivity index (χ2v) is 25.2. The van der Waals surface area contributed by atoms with Gasteiger partial charge in [0.05, 0.1) is 122 Å². The number of carboxylic acids is 1. The summed E-state index contributed by atoms with van der Waals surface area (Å²) >= 11 is 0. The van der Waals surface area contributed by atoms with Crippen molar-refractivity contribution in [2.24, 2.45) is 7.05 Å². The molecule has 8 aromatic heterocycles. The Morgan fingerprint density at radius 1 is 0.562 bits per heavy atom. The lowest BCUT2D eigenvalue weighted by Crippen LogP contribution is -2.14. The Morgan fingerprint density at radius 2 is 0.975 bits per heavy atom. The van der Waals surface area contributed by atoms with Gasteiger partial charge in [0.2, 0.25) is 0 Å². The number of carbonyl (C=O) groups is 3. The van der Waals surface area contributed by atoms with E-state index in [0.717, 1.165) is 88.5 Å². The third-order valence-electron chi connectivity index (χ3n) is 17.1. The normalized spacial score (nSPS) is 11.5. The molecule has 13 aromatic rings. The first-order valence-electron chi connectivity index (χ1n) is 36.4. The smallest absolute Gasteiger partial charge is 0.454 e. The van der Waals surface area contributed by atoms with Crippen molar-refractivity contribution >= 4 is 69.0 Å². The van der Waals surface area contributed by atoms with Crippen LogP contribution in [0.2, 0.25) is 5.82 Å². The molecular formula is C82H70BF11N20O7. The zero-order valence-electron chi connectivity index (χ0n) is 64.9. The summed E-state index contributed by atoms with van der Waals surface area (Å²) in [6, 6.07) is 52.9. The number of aromatic carboxylic acids is 1. The van der Waals surface area contributed by atoms with Crippen molar-refractivity contribution in [2.45, 2.75) is 96.4 Å². The molecule has 39 heteroatoms. The number of esters is 1. The number of nitrogens with one attached hydrogen (secondary N) is 2. The number of aryl methyl sites for hydroxylation is 1. The van der Waals surface area contributed by atoms with Crippen LogP contribution < -0.4 is 11.1 Å². The van der Waals surface area contributed by atoms with Crippen LogP contribution in [0.1, 0.15) is 156 Å². The second kappa shape index (κ2) is 46.1. The SMILES string of the molecule is CCOC(C)=O.Cn1c(-c2cnnc(C(F)F)c2)c(C#N)c2ccccc21.N#CCc1ccccc1N.N#CCc1ccccc1NC(=O)c1cnnc(C(F)F)c1.N#Cc1c(-c2cnnc(C(F)F)c2)[nH]c2ccccc12.N#Cc1c(-c2cnnc(C(F)F)c2)n(C2CC2)c2ccccc12.O=C(O)c1cnnc(C(F)F)c1.OB(O)C1CC1.[2H]CF. The number of nitrogen functional groups attached to an aromatic ring is 1. The number of rotatable bonds is 16. The quantitative estimate of drug-likeness (QED) is 0.0226. The van der Waals surface area contributed by atoms with Crippen molar-refractivity contribution in [3.05, 3.63) is 250 Å². The van der Waals surface area contributed by atoms with Crippen LogP contribution in [0.5, 0.6) is 0 Å². The maximum absolute atomic E-state index is 12.9. The lowest BCUT2D eigenvalue weighted by atomic mass is 9.84. The van der Waals surface area contributed by atoms with E-state index in [-0.39, 0.29) is 35.0 Å². The highest BCUT2D eigenvalue weighted by atomic mass is 19.3. The Morgan fingerprint density at radius 3 is 1.44 bits per heavy atom. The number of nitrogens with zero attached hydrogens (tertiary/aromatic N) is 17. The molecule has 27 nitrogen and oxygen atoms in total. The minimum absolute atomic E-state index is 0.0212. The van der Waals surface area contributed by atoms with Gasteiger partial charge in [-0.1, -0.05) is 104 Å². The van der Waals surface area contributed by atoms with Gasteiger partial charge in [-0.3, -0.25) is 14.0 Å². The number of hydrogen-bond donors (Lipinski definition) is 6. The molecule has 620 valence electrons. The largest absolute Gasteiger partial charge is 0.478 e. The summed E-state index contributed by atoms with van der Waals surface area (Å²) in [7, 11) is -0.244. The molecule has 7 N–H and O–H groups in total. The van der Waals surface area contributed by atoms with Gasteiger partial charge >= 0.3 is 19.1 Å². The highest BCUT2D eigenvalue weighted by Crippen LogP contribution is 2.45. The van der Waals surface area contributed by atoms with E-state index in [4.69, 9.17) is 32.8 Å². The first-order chi connectivity index (χ1) is 58.6. The van der Waals surface area contributed by atoms with Crippen LogP contribution in [0.3, 0.4) is 0 Å². The van der Waals surface area contributed by atoms with Gasteiger partial charge in [-0.15, -0.1) is 25.5 Å². The number of aromatic nitrogens is 13. The van der Waals surface area contributed by atoms with Gasteiger partial charge < -0.3 is 45.1 Å². The average molecular weight is 1670 g/mol. The second-order valence-electron chi connectivity index (χ2n) is 25.2. The van der Waals surface area contributed by atoms with E-state index in [9.17, 15) is 78.5 Å². The maximum atomic E-state index is 12.9. The number of H-pyrrole nitrogens is 1. The number of hydrogen-bond acceptors (Lipinski definition) is 22. The molecule has 2 aliphatic rings. The standard InChI is InChI=1S/C17H12F2N4.C15H10F2N4.C14H10F2N4O.C14H8F2N4.C8H8N2.C6H4F2N2O2.C4H8O2.C3H7BO2.CH3F/c18-17(19)14-7-10(9-21-22-14)16-13(8-20)12-3-1-2-4-15(12)23(16)11-5-6-11;1-21-13-5-3-2-4-10(13)11(7-18)14(21)9-6-12(15(16)17)20-19-8-9;15-13(16)12-7-10(8-18-20-12)14(21)19-11-4-2-1-3-9(11)5-6-17;15-14(16)12-5-8(7-18-20-12)13-10(6-17)9-3-1-2-4-11(9)19-13;9-6-5-7-3-1-2-4-8(7)10;7-5(8)4-1-3(6(11)12)2-9-10-4;1-3-6-4(2)5;5-4(6)3-1-2-3;1-2/h1-4,7,9,11,17H,5-6H2;2-6,8,15H,1H3;1-4,7-8,13H,5H2,(H,19,21);1-5,7,14,19H;1-4H,5,10H2;1-2,5H,(H,11,12);3H2,1-2H3;3,5-6H,1-2H2;1H3/i;;;;;;;;1D. The van der Waals surface area contributed by atoms with Crippen LogP contribution in [0.25, 0.3) is 66.5 Å². The van der Waals surface area contributed by atoms with Crippen molar-refractivity contribution in [1.82, 2.24) is 65.1 Å². The van der Waals surface area contributed by atoms with Gasteiger partial charge in [-0.2, -0.15) is 51.8 Å². The van der Waals surface area contributed by atoms with E-state index in [0.29, 0.717) is 86.5 Å². The van der Waals surface area contributed by atoms with Gasteiger partial charge in [0.15, 0.2) is 0 Å².